The molecule has 1 amide bonds. The van der Waals surface area contributed by atoms with Crippen LogP contribution in [0.1, 0.15) is 15.9 Å². The third-order valence-electron chi connectivity index (χ3n) is 3.34. The standard InChI is InChI=1S/C16H17N3O4.ClH/c1-19(2)13(21)8-23-16(22)14-11-5-3-10(15(17)18)7-9(11)4-6-12(14)20;/h3-7,20H,8H2,1-2H3,(H3,17,18);1H. The van der Waals surface area contributed by atoms with Crippen molar-refractivity contribution in [3.8, 4) is 5.75 Å². The number of hydrogen-bond donors (Lipinski definition) is 3. The number of amides is 1. The van der Waals surface area contributed by atoms with E-state index in [1.165, 1.54) is 11.0 Å². The molecule has 0 aliphatic carbocycles. The summed E-state index contributed by atoms with van der Waals surface area (Å²) in [5, 5.41) is 18.5. The van der Waals surface area contributed by atoms with Gasteiger partial charge in [0.2, 0.25) is 0 Å². The number of likely N-dealkylation sites (N-methyl/N-ethyl adjacent to an activating group) is 1. The number of amidine groups is 1. The number of rotatable bonds is 4. The number of nitrogens with zero attached hydrogens (tertiary/aromatic N) is 1. The van der Waals surface area contributed by atoms with E-state index in [9.17, 15) is 14.7 Å². The number of hydrogen-bond acceptors (Lipinski definition) is 5. The van der Waals surface area contributed by atoms with Gasteiger partial charge in [0.1, 0.15) is 17.1 Å². The second-order valence-electron chi connectivity index (χ2n) is 5.17. The first-order chi connectivity index (χ1) is 10.8. The number of halogens is 1. The van der Waals surface area contributed by atoms with Crippen LogP contribution in [0.2, 0.25) is 0 Å². The van der Waals surface area contributed by atoms with Gasteiger partial charge in [-0.2, -0.15) is 0 Å². The fourth-order valence-electron chi connectivity index (χ4n) is 2.03. The van der Waals surface area contributed by atoms with E-state index >= 15 is 0 Å². The molecule has 0 saturated carbocycles. The molecule has 0 heterocycles. The summed E-state index contributed by atoms with van der Waals surface area (Å²) >= 11 is 0. The number of nitrogen functional groups attached to an aromatic ring is 1. The van der Waals surface area contributed by atoms with Crippen molar-refractivity contribution in [2.75, 3.05) is 20.7 Å². The second kappa shape index (κ2) is 7.65. The number of nitrogens with one attached hydrogen (secondary N) is 1. The summed E-state index contributed by atoms with van der Waals surface area (Å²) in [6.45, 7) is -0.410. The number of nitrogens with two attached hydrogens (primary N) is 1. The predicted molar refractivity (Wildman–Crippen MR) is 92.9 cm³/mol. The molecule has 0 saturated heterocycles. The number of esters is 1. The number of fused-ring (bicyclic) bond motifs is 1. The molecule has 0 aromatic heterocycles. The van der Waals surface area contributed by atoms with Crippen LogP contribution in [0.25, 0.3) is 10.8 Å². The molecule has 2 aromatic carbocycles. The van der Waals surface area contributed by atoms with Crippen molar-refractivity contribution in [2.24, 2.45) is 5.73 Å². The number of carbonyl (C=O) groups is 2. The van der Waals surface area contributed by atoms with Gasteiger partial charge < -0.3 is 20.5 Å². The number of carbonyl (C=O) groups excluding carboxylic acids is 2. The van der Waals surface area contributed by atoms with Crippen LogP contribution in [0, 0.1) is 5.41 Å². The average Bonchev–Trinajstić information content (AvgIpc) is 2.51. The topological polar surface area (TPSA) is 117 Å². The van der Waals surface area contributed by atoms with E-state index in [0.717, 1.165) is 0 Å². The molecule has 4 N–H and O–H groups in total. The largest absolute Gasteiger partial charge is 0.507 e. The van der Waals surface area contributed by atoms with Crippen molar-refractivity contribution < 1.29 is 19.4 Å². The van der Waals surface area contributed by atoms with Crippen molar-refractivity contribution >= 4 is 40.9 Å². The fourth-order valence-corrected chi connectivity index (χ4v) is 2.03. The molecule has 2 aromatic rings. The molecule has 8 heteroatoms. The van der Waals surface area contributed by atoms with Crippen LogP contribution in [0.3, 0.4) is 0 Å². The number of phenols is 1. The number of ether oxygens (including phenoxy) is 1. The lowest BCUT2D eigenvalue weighted by Gasteiger charge is -2.12. The molecule has 0 aliphatic rings. The van der Waals surface area contributed by atoms with Crippen molar-refractivity contribution in [1.82, 2.24) is 4.90 Å². The molecule has 0 bridgehead atoms. The van der Waals surface area contributed by atoms with Gasteiger partial charge in [-0.1, -0.05) is 18.2 Å². The quantitative estimate of drug-likeness (QED) is 0.438. The summed E-state index contributed by atoms with van der Waals surface area (Å²) in [4.78, 5) is 25.0. The highest BCUT2D eigenvalue weighted by Gasteiger charge is 2.19. The molecule has 128 valence electrons. The Morgan fingerprint density at radius 2 is 1.92 bits per heavy atom. The van der Waals surface area contributed by atoms with E-state index in [4.69, 9.17) is 15.9 Å². The SMILES string of the molecule is CN(C)C(=O)COC(=O)c1c(O)ccc2cc(C(=N)N)ccc12.Cl. The Bertz CT molecular complexity index is 805. The average molecular weight is 352 g/mol. The van der Waals surface area contributed by atoms with Crippen LogP contribution in [-0.4, -0.2) is 48.4 Å². The van der Waals surface area contributed by atoms with Gasteiger partial charge in [0.15, 0.2) is 6.61 Å². The lowest BCUT2D eigenvalue weighted by Crippen LogP contribution is -2.27. The van der Waals surface area contributed by atoms with Crippen molar-refractivity contribution in [3.05, 3.63) is 41.5 Å². The van der Waals surface area contributed by atoms with Gasteiger partial charge >= 0.3 is 5.97 Å². The second-order valence-corrected chi connectivity index (χ2v) is 5.17. The minimum Gasteiger partial charge on any atom is -0.507 e. The van der Waals surface area contributed by atoms with Gasteiger partial charge in [-0.15, -0.1) is 12.4 Å². The predicted octanol–water partition coefficient (Wildman–Crippen LogP) is 1.50. The number of benzene rings is 2. The van der Waals surface area contributed by atoms with Crippen LogP contribution in [0.4, 0.5) is 0 Å². The summed E-state index contributed by atoms with van der Waals surface area (Å²) in [6, 6.07) is 7.76. The Hall–Kier alpha value is -2.80. The van der Waals surface area contributed by atoms with Crippen molar-refractivity contribution in [3.63, 3.8) is 0 Å². The Morgan fingerprint density at radius 1 is 1.25 bits per heavy atom. The summed E-state index contributed by atoms with van der Waals surface area (Å²) < 4.78 is 4.96. The highest BCUT2D eigenvalue weighted by Crippen LogP contribution is 2.28. The van der Waals surface area contributed by atoms with E-state index in [1.54, 1.807) is 38.4 Å². The maximum atomic E-state index is 12.2. The zero-order valence-corrected chi connectivity index (χ0v) is 14.0. The first kappa shape index (κ1) is 19.2. The van der Waals surface area contributed by atoms with Gasteiger partial charge in [0, 0.05) is 19.7 Å². The normalized spacial score (nSPS) is 9.92. The van der Waals surface area contributed by atoms with Crippen LogP contribution < -0.4 is 5.73 Å². The smallest absolute Gasteiger partial charge is 0.343 e. The third-order valence-corrected chi connectivity index (χ3v) is 3.34. The van der Waals surface area contributed by atoms with Crippen molar-refractivity contribution in [2.45, 2.75) is 0 Å². The Labute approximate surface area is 144 Å². The number of phenolic OH excluding ortho intramolecular Hbond substituents is 1. The molecule has 2 rings (SSSR count). The van der Waals surface area contributed by atoms with Crippen LogP contribution in [-0.2, 0) is 9.53 Å². The summed E-state index contributed by atoms with van der Waals surface area (Å²) in [5.74, 6) is -1.49. The van der Waals surface area contributed by atoms with Crippen LogP contribution >= 0.6 is 12.4 Å². The molecule has 0 radical (unpaired) electrons. The maximum Gasteiger partial charge on any atom is 0.343 e. The molecule has 0 fully saturated rings. The highest BCUT2D eigenvalue weighted by molar-refractivity contribution is 6.09. The Kier molecular flexibility index (Phi) is 6.13. The first-order valence-electron chi connectivity index (χ1n) is 6.78. The zero-order valence-electron chi connectivity index (χ0n) is 13.2. The van der Waals surface area contributed by atoms with E-state index in [1.807, 2.05) is 0 Å². The van der Waals surface area contributed by atoms with Gasteiger partial charge in [-0.05, 0) is 22.9 Å². The van der Waals surface area contributed by atoms with Gasteiger partial charge in [-0.3, -0.25) is 10.2 Å². The van der Waals surface area contributed by atoms with E-state index < -0.39 is 12.6 Å². The molecule has 24 heavy (non-hydrogen) atoms. The van der Waals surface area contributed by atoms with Crippen molar-refractivity contribution in [1.29, 1.82) is 5.41 Å². The van der Waals surface area contributed by atoms with Gasteiger partial charge in [0.05, 0.1) is 0 Å². The maximum absolute atomic E-state index is 12.2. The zero-order chi connectivity index (χ0) is 17.1. The van der Waals surface area contributed by atoms with Gasteiger partial charge in [0.25, 0.3) is 5.91 Å². The monoisotopic (exact) mass is 351 g/mol. The molecule has 0 unspecified atom stereocenters. The summed E-state index contributed by atoms with van der Waals surface area (Å²) in [5.41, 5.74) is 5.92. The molecular formula is C16H18ClN3O4. The van der Waals surface area contributed by atoms with E-state index in [-0.39, 0.29) is 35.5 Å². The lowest BCUT2D eigenvalue weighted by atomic mass is 10.0. The van der Waals surface area contributed by atoms with Gasteiger partial charge in [-0.25, -0.2) is 4.79 Å². The number of aromatic hydroxyl groups is 1. The lowest BCUT2D eigenvalue weighted by molar-refractivity contribution is -0.131. The molecule has 0 aliphatic heterocycles. The Balaban J connectivity index is 0.00000288. The minimum atomic E-state index is -0.793. The molecule has 7 nitrogen and oxygen atoms in total. The first-order valence-corrected chi connectivity index (χ1v) is 6.78. The van der Waals surface area contributed by atoms with Crippen LogP contribution in [0.5, 0.6) is 5.75 Å². The van der Waals surface area contributed by atoms with Crippen LogP contribution in [0.15, 0.2) is 30.3 Å². The molecule has 0 atom stereocenters. The Morgan fingerprint density at radius 3 is 2.50 bits per heavy atom. The fraction of sp³-hybridized carbons (Fsp3) is 0.188. The highest BCUT2D eigenvalue weighted by atomic mass is 35.5. The molecule has 0 spiro atoms. The summed E-state index contributed by atoms with van der Waals surface area (Å²) in [6.07, 6.45) is 0. The third kappa shape index (κ3) is 3.94. The summed E-state index contributed by atoms with van der Waals surface area (Å²) in [7, 11) is 3.10. The van der Waals surface area contributed by atoms with E-state index in [2.05, 4.69) is 0 Å². The molecular weight excluding hydrogens is 334 g/mol. The van der Waals surface area contributed by atoms with E-state index in [0.29, 0.717) is 16.3 Å². The minimum absolute atomic E-state index is 0.